The summed E-state index contributed by atoms with van der Waals surface area (Å²) >= 11 is 0. The molecule has 0 saturated heterocycles. The van der Waals surface area contributed by atoms with E-state index in [0.29, 0.717) is 5.69 Å². The van der Waals surface area contributed by atoms with Crippen LogP contribution in [0.1, 0.15) is 5.69 Å². The van der Waals surface area contributed by atoms with Gasteiger partial charge in [-0.3, -0.25) is 0 Å². The fourth-order valence-corrected chi connectivity index (χ4v) is 1.20. The van der Waals surface area contributed by atoms with Crippen LogP contribution in [0.2, 0.25) is 19.6 Å². The average molecular weight is 193 g/mol. The first kappa shape index (κ1) is 9.94. The molecule has 68 valence electrons. The summed E-state index contributed by atoms with van der Waals surface area (Å²) in [6, 6.07) is 2.98. The molecular formula is C10H12FNSi. The number of halogens is 1. The van der Waals surface area contributed by atoms with E-state index >= 15 is 0 Å². The third-order valence-electron chi connectivity index (χ3n) is 1.29. The molecule has 0 aromatic carbocycles. The second-order valence-electron chi connectivity index (χ2n) is 3.86. The molecule has 1 aromatic rings. The van der Waals surface area contributed by atoms with E-state index < -0.39 is 8.07 Å². The molecule has 0 saturated carbocycles. The standard InChI is InChI=1S/C10H12FNSi/c1-13(2,3)7-6-10-5-4-9(11)8-12-10/h4-5,8H,1-3H3. The van der Waals surface area contributed by atoms with E-state index in [9.17, 15) is 4.39 Å². The highest BCUT2D eigenvalue weighted by Gasteiger charge is 2.07. The van der Waals surface area contributed by atoms with Crippen LogP contribution in [-0.2, 0) is 0 Å². The highest BCUT2D eigenvalue weighted by Crippen LogP contribution is 1.99. The molecule has 1 nitrogen and oxygen atoms in total. The van der Waals surface area contributed by atoms with Gasteiger partial charge in [0.15, 0.2) is 0 Å². The molecule has 0 N–H and O–H groups in total. The number of hydrogen-bond acceptors (Lipinski definition) is 1. The van der Waals surface area contributed by atoms with Crippen molar-refractivity contribution in [2.45, 2.75) is 19.6 Å². The van der Waals surface area contributed by atoms with Gasteiger partial charge in [0.2, 0.25) is 0 Å². The van der Waals surface area contributed by atoms with Crippen molar-refractivity contribution in [2.24, 2.45) is 0 Å². The fourth-order valence-electron chi connectivity index (χ4n) is 0.701. The third-order valence-corrected chi connectivity index (χ3v) is 2.17. The van der Waals surface area contributed by atoms with Crippen LogP contribution < -0.4 is 0 Å². The fraction of sp³-hybridized carbons (Fsp3) is 0.300. The summed E-state index contributed by atoms with van der Waals surface area (Å²) in [6.45, 7) is 6.47. The number of pyridine rings is 1. The van der Waals surface area contributed by atoms with Crippen molar-refractivity contribution >= 4 is 8.07 Å². The highest BCUT2D eigenvalue weighted by atomic mass is 28.3. The molecule has 13 heavy (non-hydrogen) atoms. The summed E-state index contributed by atoms with van der Waals surface area (Å²) in [7, 11) is -1.35. The Balaban J connectivity index is 2.85. The topological polar surface area (TPSA) is 12.9 Å². The molecule has 1 aromatic heterocycles. The van der Waals surface area contributed by atoms with Crippen molar-refractivity contribution in [3.63, 3.8) is 0 Å². The predicted molar refractivity (Wildman–Crippen MR) is 54.4 cm³/mol. The summed E-state index contributed by atoms with van der Waals surface area (Å²) in [5, 5.41) is 0. The summed E-state index contributed by atoms with van der Waals surface area (Å²) < 4.78 is 12.5. The maximum atomic E-state index is 12.5. The van der Waals surface area contributed by atoms with Gasteiger partial charge in [0, 0.05) is 0 Å². The molecule has 0 atom stereocenters. The van der Waals surface area contributed by atoms with E-state index in [2.05, 4.69) is 36.1 Å². The van der Waals surface area contributed by atoms with Crippen LogP contribution in [0, 0.1) is 17.3 Å². The lowest BCUT2D eigenvalue weighted by Crippen LogP contribution is -2.16. The number of aromatic nitrogens is 1. The maximum absolute atomic E-state index is 12.5. The van der Waals surface area contributed by atoms with Crippen molar-refractivity contribution in [3.05, 3.63) is 29.8 Å². The minimum Gasteiger partial charge on any atom is -0.245 e. The quantitative estimate of drug-likeness (QED) is 0.455. The van der Waals surface area contributed by atoms with Gasteiger partial charge < -0.3 is 0 Å². The first-order valence-electron chi connectivity index (χ1n) is 4.12. The molecule has 3 heteroatoms. The number of nitrogens with zero attached hydrogens (tertiary/aromatic N) is 1. The van der Waals surface area contributed by atoms with Crippen LogP contribution in [-0.4, -0.2) is 13.1 Å². The van der Waals surface area contributed by atoms with Gasteiger partial charge in [-0.05, 0) is 12.1 Å². The lowest BCUT2D eigenvalue weighted by molar-refractivity contribution is 0.621. The van der Waals surface area contributed by atoms with E-state index in [1.54, 1.807) is 6.07 Å². The monoisotopic (exact) mass is 193 g/mol. The van der Waals surface area contributed by atoms with Crippen molar-refractivity contribution in [3.8, 4) is 11.5 Å². The highest BCUT2D eigenvalue weighted by molar-refractivity contribution is 6.83. The van der Waals surface area contributed by atoms with Crippen LogP contribution in [0.5, 0.6) is 0 Å². The second-order valence-corrected chi connectivity index (χ2v) is 8.61. The van der Waals surface area contributed by atoms with E-state index in [4.69, 9.17) is 0 Å². The molecule has 0 bridgehead atoms. The Hall–Kier alpha value is -1.14. The minimum atomic E-state index is -1.35. The first-order valence-corrected chi connectivity index (χ1v) is 7.62. The lowest BCUT2D eigenvalue weighted by atomic mass is 10.4. The normalized spacial score (nSPS) is 10.5. The molecule has 1 heterocycles. The molecule has 0 radical (unpaired) electrons. The molecule has 0 aliphatic rings. The zero-order valence-corrected chi connectivity index (χ0v) is 9.06. The summed E-state index contributed by atoms with van der Waals surface area (Å²) in [5.74, 6) is 2.62. The molecule has 0 aliphatic carbocycles. The Morgan fingerprint density at radius 1 is 1.31 bits per heavy atom. The van der Waals surface area contributed by atoms with Crippen LogP contribution in [0.15, 0.2) is 18.3 Å². The van der Waals surface area contributed by atoms with E-state index in [1.807, 2.05) is 0 Å². The molecule has 0 unspecified atom stereocenters. The number of rotatable bonds is 0. The van der Waals surface area contributed by atoms with Crippen LogP contribution in [0.4, 0.5) is 4.39 Å². The first-order chi connectivity index (χ1) is 5.97. The molecule has 0 aliphatic heterocycles. The largest absolute Gasteiger partial charge is 0.245 e. The smallest absolute Gasteiger partial charge is 0.141 e. The number of hydrogen-bond donors (Lipinski definition) is 0. The van der Waals surface area contributed by atoms with Crippen molar-refractivity contribution in [1.82, 2.24) is 4.98 Å². The lowest BCUT2D eigenvalue weighted by Gasteiger charge is -2.02. The average Bonchev–Trinajstić information content (AvgIpc) is 2.02. The van der Waals surface area contributed by atoms with Crippen molar-refractivity contribution in [1.29, 1.82) is 0 Å². The summed E-state index contributed by atoms with van der Waals surface area (Å²) in [4.78, 5) is 3.85. The zero-order chi connectivity index (χ0) is 9.90. The molecule has 1 rings (SSSR count). The van der Waals surface area contributed by atoms with Gasteiger partial charge >= 0.3 is 0 Å². The summed E-state index contributed by atoms with van der Waals surface area (Å²) in [5.41, 5.74) is 3.80. The van der Waals surface area contributed by atoms with Crippen LogP contribution >= 0.6 is 0 Å². The van der Waals surface area contributed by atoms with Gasteiger partial charge in [0.25, 0.3) is 0 Å². The molecular weight excluding hydrogens is 181 g/mol. The van der Waals surface area contributed by atoms with Crippen LogP contribution in [0.3, 0.4) is 0 Å². The Bertz CT molecular complexity index is 340. The molecule has 0 amide bonds. The zero-order valence-electron chi connectivity index (χ0n) is 8.06. The Morgan fingerprint density at radius 3 is 2.46 bits per heavy atom. The van der Waals surface area contributed by atoms with Crippen molar-refractivity contribution in [2.75, 3.05) is 0 Å². The van der Waals surface area contributed by atoms with Gasteiger partial charge in [-0.2, -0.15) is 0 Å². The SMILES string of the molecule is C[Si](C)(C)C#Cc1ccc(F)cn1. The van der Waals surface area contributed by atoms with Gasteiger partial charge in [-0.1, -0.05) is 25.6 Å². The molecule has 0 fully saturated rings. The van der Waals surface area contributed by atoms with Gasteiger partial charge in [-0.15, -0.1) is 5.54 Å². The van der Waals surface area contributed by atoms with E-state index in [1.165, 1.54) is 12.3 Å². The molecule has 0 spiro atoms. The van der Waals surface area contributed by atoms with Gasteiger partial charge in [0.05, 0.1) is 6.20 Å². The van der Waals surface area contributed by atoms with E-state index in [0.717, 1.165) is 0 Å². The van der Waals surface area contributed by atoms with Crippen LogP contribution in [0.25, 0.3) is 0 Å². The van der Waals surface area contributed by atoms with Gasteiger partial charge in [0.1, 0.15) is 19.6 Å². The Morgan fingerprint density at radius 2 is 2.00 bits per heavy atom. The predicted octanol–water partition coefficient (Wildman–Crippen LogP) is 2.45. The van der Waals surface area contributed by atoms with Crippen molar-refractivity contribution < 1.29 is 4.39 Å². The minimum absolute atomic E-state index is 0.321. The summed E-state index contributed by atoms with van der Waals surface area (Å²) in [6.07, 6.45) is 1.19. The Kier molecular flexibility index (Phi) is 2.84. The maximum Gasteiger partial charge on any atom is 0.141 e. The van der Waals surface area contributed by atoms with E-state index in [-0.39, 0.29) is 5.82 Å². The van der Waals surface area contributed by atoms with Gasteiger partial charge in [-0.25, -0.2) is 9.37 Å². The Labute approximate surface area is 79.0 Å². The second kappa shape index (κ2) is 3.71. The third kappa shape index (κ3) is 3.86.